The number of halogens is 2. The van der Waals surface area contributed by atoms with Gasteiger partial charge in [-0.3, -0.25) is 4.79 Å². The summed E-state index contributed by atoms with van der Waals surface area (Å²) >= 11 is 0. The third-order valence-corrected chi connectivity index (χ3v) is 7.73. The van der Waals surface area contributed by atoms with Gasteiger partial charge in [0.25, 0.3) is 0 Å². The van der Waals surface area contributed by atoms with Crippen LogP contribution in [0.5, 0.6) is 0 Å². The van der Waals surface area contributed by atoms with Crippen molar-refractivity contribution < 1.29 is 51.6 Å². The van der Waals surface area contributed by atoms with Gasteiger partial charge < -0.3 is 28.4 Å². The lowest BCUT2D eigenvalue weighted by atomic mass is 9.48. The smallest absolute Gasteiger partial charge is 0.461 e. The summed E-state index contributed by atoms with van der Waals surface area (Å²) in [5.74, 6) is -5.99. The molecule has 1 saturated heterocycles. The third kappa shape index (κ3) is 6.94. The molecule has 38 heavy (non-hydrogen) atoms. The van der Waals surface area contributed by atoms with Gasteiger partial charge in [-0.2, -0.15) is 8.78 Å². The minimum Gasteiger partial charge on any atom is -0.461 e. The minimum absolute atomic E-state index is 0.0604. The summed E-state index contributed by atoms with van der Waals surface area (Å²) in [6, 6.07) is 0. The van der Waals surface area contributed by atoms with E-state index >= 15 is 0 Å². The van der Waals surface area contributed by atoms with Crippen molar-refractivity contribution in [3.63, 3.8) is 0 Å². The topological polar surface area (TPSA) is 107 Å². The Bertz CT molecular complexity index is 922. The highest BCUT2D eigenvalue weighted by Crippen LogP contribution is 2.63. The third-order valence-electron chi connectivity index (χ3n) is 7.73. The molecule has 4 atom stereocenters. The van der Waals surface area contributed by atoms with Crippen molar-refractivity contribution in [3.8, 4) is 0 Å². The Morgan fingerprint density at radius 2 is 1.53 bits per heavy atom. The first kappa shape index (κ1) is 29.0. The molecule has 0 N–H and O–H groups in total. The first-order valence-corrected chi connectivity index (χ1v) is 13.3. The van der Waals surface area contributed by atoms with E-state index in [1.165, 1.54) is 0 Å². The summed E-state index contributed by atoms with van der Waals surface area (Å²) in [6.07, 6.45) is 1.96. The largest absolute Gasteiger partial charge is 0.508 e. The van der Waals surface area contributed by atoms with E-state index in [0.717, 1.165) is 19.3 Å². The van der Waals surface area contributed by atoms with Crippen LogP contribution >= 0.6 is 0 Å². The van der Waals surface area contributed by atoms with Crippen molar-refractivity contribution >= 4 is 18.1 Å². The number of rotatable bonds is 8. The molecular weight excluding hydrogens is 506 g/mol. The van der Waals surface area contributed by atoms with Crippen LogP contribution in [0.15, 0.2) is 0 Å². The maximum absolute atomic E-state index is 13.3. The molecular formula is C27H40F2O9. The Morgan fingerprint density at radius 1 is 0.921 bits per heavy atom. The first-order chi connectivity index (χ1) is 17.4. The molecule has 9 nitrogen and oxygen atoms in total. The number of alkyl halides is 2. The van der Waals surface area contributed by atoms with Crippen molar-refractivity contribution in [1.82, 2.24) is 0 Å². The number of ether oxygens (including phenoxy) is 6. The van der Waals surface area contributed by atoms with E-state index in [0.29, 0.717) is 26.2 Å². The van der Waals surface area contributed by atoms with Crippen LogP contribution in [-0.2, 0) is 38.0 Å². The van der Waals surface area contributed by atoms with Crippen LogP contribution in [0.1, 0.15) is 86.5 Å². The fraction of sp³-hybridized carbons (Fsp3) is 0.889. The van der Waals surface area contributed by atoms with E-state index in [-0.39, 0.29) is 31.5 Å². The zero-order chi connectivity index (χ0) is 28.1. The van der Waals surface area contributed by atoms with Crippen molar-refractivity contribution in [2.45, 2.75) is 122 Å². The van der Waals surface area contributed by atoms with Gasteiger partial charge in [-0.25, -0.2) is 9.59 Å². The molecule has 4 aliphatic carbocycles. The van der Waals surface area contributed by atoms with Gasteiger partial charge in [0.15, 0.2) is 5.79 Å². The Labute approximate surface area is 222 Å². The molecule has 4 unspecified atom stereocenters. The molecule has 0 aromatic heterocycles. The van der Waals surface area contributed by atoms with E-state index in [1.807, 2.05) is 0 Å². The van der Waals surface area contributed by atoms with Crippen molar-refractivity contribution in [1.29, 1.82) is 0 Å². The summed E-state index contributed by atoms with van der Waals surface area (Å²) < 4.78 is 60.2. The maximum atomic E-state index is 13.3. The van der Waals surface area contributed by atoms with E-state index < -0.39 is 58.6 Å². The second-order valence-electron chi connectivity index (χ2n) is 13.3. The van der Waals surface area contributed by atoms with Crippen LogP contribution in [-0.4, -0.2) is 66.4 Å². The summed E-state index contributed by atoms with van der Waals surface area (Å²) in [4.78, 5) is 36.9. The fourth-order valence-electron chi connectivity index (χ4n) is 7.13. The minimum atomic E-state index is -3.55. The first-order valence-electron chi connectivity index (χ1n) is 13.3. The van der Waals surface area contributed by atoms with E-state index in [9.17, 15) is 23.2 Å². The lowest BCUT2D eigenvalue weighted by Gasteiger charge is -2.60. The predicted molar refractivity (Wildman–Crippen MR) is 128 cm³/mol. The Kier molecular flexibility index (Phi) is 7.53. The number of carbonyl (C=O) groups excluding carboxylic acids is 3. The van der Waals surface area contributed by atoms with Crippen LogP contribution in [0, 0.1) is 17.3 Å². The molecule has 5 fully saturated rings. The van der Waals surface area contributed by atoms with Gasteiger partial charge in [-0.05, 0) is 85.0 Å². The van der Waals surface area contributed by atoms with Gasteiger partial charge in [0.05, 0.1) is 13.0 Å². The van der Waals surface area contributed by atoms with Crippen molar-refractivity contribution in [3.05, 3.63) is 0 Å². The van der Waals surface area contributed by atoms with Gasteiger partial charge >= 0.3 is 24.0 Å². The van der Waals surface area contributed by atoms with Crippen molar-refractivity contribution in [2.75, 3.05) is 13.2 Å². The van der Waals surface area contributed by atoms with Crippen LogP contribution in [0.2, 0.25) is 0 Å². The molecule has 0 aromatic carbocycles. The van der Waals surface area contributed by atoms with Gasteiger partial charge in [0.1, 0.15) is 30.0 Å². The van der Waals surface area contributed by atoms with Gasteiger partial charge in [-0.15, -0.1) is 0 Å². The second-order valence-corrected chi connectivity index (χ2v) is 13.3. The molecule has 216 valence electrons. The maximum Gasteiger partial charge on any atom is 0.508 e. The molecule has 0 radical (unpaired) electrons. The van der Waals surface area contributed by atoms with Gasteiger partial charge in [0, 0.05) is 12.3 Å². The zero-order valence-corrected chi connectivity index (χ0v) is 23.1. The van der Waals surface area contributed by atoms with E-state index in [4.69, 9.17) is 28.4 Å². The predicted octanol–water partition coefficient (Wildman–Crippen LogP) is 4.93. The average Bonchev–Trinajstić information content (AvgIpc) is 3.00. The molecule has 1 heterocycles. The summed E-state index contributed by atoms with van der Waals surface area (Å²) in [7, 11) is 0. The highest BCUT2D eigenvalue weighted by Gasteiger charge is 2.60. The Morgan fingerprint density at radius 3 is 2.11 bits per heavy atom. The van der Waals surface area contributed by atoms with E-state index in [1.54, 1.807) is 34.6 Å². The highest BCUT2D eigenvalue weighted by molar-refractivity contribution is 5.77. The summed E-state index contributed by atoms with van der Waals surface area (Å²) in [5.41, 5.74) is -1.92. The molecule has 1 aliphatic heterocycles. The van der Waals surface area contributed by atoms with Gasteiger partial charge in [-0.1, -0.05) is 0 Å². The van der Waals surface area contributed by atoms with Crippen LogP contribution < -0.4 is 0 Å². The second kappa shape index (κ2) is 9.87. The molecule has 5 rings (SSSR count). The van der Waals surface area contributed by atoms with E-state index in [2.05, 4.69) is 0 Å². The fourth-order valence-corrected chi connectivity index (χ4v) is 7.13. The summed E-state index contributed by atoms with van der Waals surface area (Å²) in [6.45, 7) is 8.98. The van der Waals surface area contributed by atoms with Crippen molar-refractivity contribution in [2.24, 2.45) is 17.3 Å². The number of esters is 2. The van der Waals surface area contributed by atoms with Crippen LogP contribution in [0.3, 0.4) is 0 Å². The van der Waals surface area contributed by atoms with Crippen LogP contribution in [0.4, 0.5) is 13.6 Å². The van der Waals surface area contributed by atoms with Crippen LogP contribution in [0.25, 0.3) is 0 Å². The molecule has 0 spiro atoms. The lowest BCUT2D eigenvalue weighted by molar-refractivity contribution is -0.202. The summed E-state index contributed by atoms with van der Waals surface area (Å²) in [5, 5.41) is 0. The number of carbonyl (C=O) groups is 3. The quantitative estimate of drug-likeness (QED) is 0.309. The monoisotopic (exact) mass is 546 g/mol. The molecule has 0 aromatic rings. The molecule has 4 saturated carbocycles. The molecule has 0 amide bonds. The normalized spacial score (nSPS) is 35.6. The number of hydrogen-bond donors (Lipinski definition) is 0. The Balaban J connectivity index is 1.34. The Hall–Kier alpha value is -2.01. The molecule has 11 heteroatoms. The number of hydrogen-bond acceptors (Lipinski definition) is 9. The zero-order valence-electron chi connectivity index (χ0n) is 23.1. The molecule has 5 aliphatic rings. The lowest BCUT2D eigenvalue weighted by Crippen LogP contribution is -2.59. The SMILES string of the molecule is CC(C)(C)OC(=O)CC1OC(C)(C)OC1COC(=O)OC12CC3CC(CC(COC(=O)C(C)(F)F)(C3)C1)C2. The average molecular weight is 547 g/mol. The van der Waals surface area contributed by atoms with Gasteiger partial charge in [0.2, 0.25) is 0 Å². The molecule has 4 bridgehead atoms. The standard InChI is InChI=1S/C27H40F2O9/c1-23(2,3)37-20(30)8-18-19(36-24(4,5)35-18)13-33-22(32)38-27-11-16-7-17(12-27)10-26(9-16,14-27)15-34-21(31)25(6,28)29/h16-19H,7-15H2,1-6H3. The highest BCUT2D eigenvalue weighted by atomic mass is 19.3.